The molecule has 16 heteroatoms. The molecule has 3 aromatic heterocycles. The van der Waals surface area contributed by atoms with Gasteiger partial charge in [0.15, 0.2) is 28.8 Å². The molecule has 0 unspecified atom stereocenters. The molecule has 542 valence electrons. The van der Waals surface area contributed by atoms with Crippen molar-refractivity contribution in [2.24, 2.45) is 0 Å². The number of carbonyl (C=O) groups is 4. The van der Waals surface area contributed by atoms with Crippen LogP contribution in [-0.4, -0.2) is 48.0 Å². The summed E-state index contributed by atoms with van der Waals surface area (Å²) in [6.07, 6.45) is 0. The molecule has 0 amide bonds. The van der Waals surface area contributed by atoms with E-state index in [1.165, 1.54) is 0 Å². The SMILES string of the molecule is [C-]#[N+]c1ccc(-c2ccccc2-c2nc(-c3ccc(-n4c5ccc(C(=O)OCc6ccccc6)cc5c5cc(C(=O)OCc6ccccc6)ccc54)c(-c4cccc(C#N)c4)c3)nc(-c3ccc(-n4c5ccc(C(=O)OCc6ccccc6)cc5c5cc(C(=O)OCc6ccccc6)ccc54)c(-c4cccc([N+]#[C-])c4)c3)n2)cc1. The minimum atomic E-state index is -0.537. The van der Waals surface area contributed by atoms with Gasteiger partial charge in [0.25, 0.3) is 0 Å². The molecule has 0 radical (unpaired) electrons. The highest BCUT2D eigenvalue weighted by Crippen LogP contribution is 2.44. The number of hydrogen-bond donors (Lipinski definition) is 0. The lowest BCUT2D eigenvalue weighted by molar-refractivity contribution is 0.0464. The first-order valence-electron chi connectivity index (χ1n) is 36.6. The van der Waals surface area contributed by atoms with Crippen molar-refractivity contribution >= 4 is 78.9 Å². The molecule has 114 heavy (non-hydrogen) atoms. The molecule has 0 spiro atoms. The fraction of sp³-hybridized carbons (Fsp3) is 0.0408. The van der Waals surface area contributed by atoms with E-state index in [9.17, 15) is 24.4 Å². The highest BCUT2D eigenvalue weighted by atomic mass is 16.5. The van der Waals surface area contributed by atoms with Crippen molar-refractivity contribution in [2.45, 2.75) is 26.4 Å². The highest BCUT2D eigenvalue weighted by molar-refractivity contribution is 6.15. The second kappa shape index (κ2) is 31.3. The summed E-state index contributed by atoms with van der Waals surface area (Å²) in [6.45, 7) is 16.2. The fourth-order valence-corrected chi connectivity index (χ4v) is 14.4. The monoisotopic (exact) mass is 1480 g/mol. The molecule has 16 nitrogen and oxygen atoms in total. The molecule has 0 atom stereocenters. The van der Waals surface area contributed by atoms with E-state index in [1.54, 1.807) is 72.8 Å². The summed E-state index contributed by atoms with van der Waals surface area (Å²) in [6, 6.07) is 103. The fourth-order valence-electron chi connectivity index (χ4n) is 14.4. The van der Waals surface area contributed by atoms with Gasteiger partial charge in [-0.3, -0.25) is 0 Å². The topological polar surface area (TPSA) is 186 Å². The zero-order valence-corrected chi connectivity index (χ0v) is 60.8. The minimum Gasteiger partial charge on any atom is -0.457 e. The van der Waals surface area contributed by atoms with Gasteiger partial charge in [-0.25, -0.2) is 43.8 Å². The quantitative estimate of drug-likeness (QED) is 0.0400. The van der Waals surface area contributed by atoms with Crippen LogP contribution < -0.4 is 0 Å². The number of fused-ring (bicyclic) bond motifs is 6. The number of carbonyl (C=O) groups excluding carboxylic acids is 4. The van der Waals surface area contributed by atoms with Crippen molar-refractivity contribution in [3.05, 3.63) is 400 Å². The van der Waals surface area contributed by atoms with Crippen molar-refractivity contribution in [3.8, 4) is 85.0 Å². The molecular weight excluding hydrogens is 1420 g/mol. The Morgan fingerprint density at radius 3 is 1.04 bits per heavy atom. The number of aromatic nitrogens is 5. The van der Waals surface area contributed by atoms with E-state index in [-0.39, 0.29) is 38.1 Å². The van der Waals surface area contributed by atoms with Crippen LogP contribution in [0.25, 0.3) is 132 Å². The van der Waals surface area contributed by atoms with Crippen LogP contribution in [0.15, 0.2) is 328 Å². The molecule has 0 saturated heterocycles. The lowest BCUT2D eigenvalue weighted by atomic mass is 9.97. The summed E-state index contributed by atoms with van der Waals surface area (Å²) >= 11 is 0. The minimum absolute atomic E-state index is 0.0544. The third kappa shape index (κ3) is 14.4. The van der Waals surface area contributed by atoms with Crippen LogP contribution in [0.5, 0.6) is 0 Å². The van der Waals surface area contributed by atoms with Gasteiger partial charge in [0, 0.05) is 49.4 Å². The largest absolute Gasteiger partial charge is 0.457 e. The Labute approximate surface area is 654 Å². The van der Waals surface area contributed by atoms with E-state index in [4.69, 9.17) is 47.0 Å². The van der Waals surface area contributed by atoms with Crippen LogP contribution in [0.1, 0.15) is 69.2 Å². The second-order valence-electron chi connectivity index (χ2n) is 27.2. The van der Waals surface area contributed by atoms with E-state index in [0.29, 0.717) is 139 Å². The summed E-state index contributed by atoms with van der Waals surface area (Å²) in [7, 11) is 0. The van der Waals surface area contributed by atoms with Gasteiger partial charge in [0.2, 0.25) is 0 Å². The van der Waals surface area contributed by atoms with Crippen LogP contribution in [0.3, 0.4) is 0 Å². The molecule has 0 fully saturated rings. The molecule has 0 N–H and O–H groups in total. The average molecular weight is 1480 g/mol. The van der Waals surface area contributed by atoms with E-state index in [2.05, 4.69) is 24.9 Å². The Morgan fingerprint density at radius 1 is 0.307 bits per heavy atom. The normalized spacial score (nSPS) is 11.1. The number of nitriles is 1. The number of esters is 4. The Balaban J connectivity index is 0.846. The molecule has 3 heterocycles. The number of ether oxygens (including phenoxy) is 4. The summed E-state index contributed by atoms with van der Waals surface area (Å²) in [5.74, 6) is -1.28. The maximum Gasteiger partial charge on any atom is 0.338 e. The zero-order valence-electron chi connectivity index (χ0n) is 60.8. The van der Waals surface area contributed by atoms with E-state index >= 15 is 0 Å². The maximum absolute atomic E-state index is 14.1. The zero-order chi connectivity index (χ0) is 77.6. The van der Waals surface area contributed by atoms with Crippen molar-refractivity contribution < 1.29 is 38.1 Å². The molecule has 0 saturated carbocycles. The van der Waals surface area contributed by atoms with Gasteiger partial charge in [0.1, 0.15) is 26.4 Å². The Kier molecular flexibility index (Phi) is 19.5. The number of rotatable bonds is 20. The number of hydrogen-bond acceptors (Lipinski definition) is 12. The highest BCUT2D eigenvalue weighted by Gasteiger charge is 2.26. The van der Waals surface area contributed by atoms with E-state index < -0.39 is 23.9 Å². The Bertz CT molecular complexity index is 6220. The Morgan fingerprint density at radius 2 is 0.658 bits per heavy atom. The summed E-state index contributed by atoms with van der Waals surface area (Å²) < 4.78 is 27.7. The van der Waals surface area contributed by atoms with Crippen LogP contribution in [-0.2, 0) is 45.4 Å². The molecule has 0 bridgehead atoms. The van der Waals surface area contributed by atoms with E-state index in [1.807, 2.05) is 255 Å². The van der Waals surface area contributed by atoms with Crippen molar-refractivity contribution in [2.75, 3.05) is 0 Å². The van der Waals surface area contributed by atoms with Crippen LogP contribution in [0.4, 0.5) is 11.4 Å². The van der Waals surface area contributed by atoms with Gasteiger partial charge in [-0.2, -0.15) is 5.26 Å². The lowest BCUT2D eigenvalue weighted by Crippen LogP contribution is -2.05. The van der Waals surface area contributed by atoms with Crippen LogP contribution in [0.2, 0.25) is 0 Å². The van der Waals surface area contributed by atoms with Gasteiger partial charge in [-0.05, 0) is 172 Å². The van der Waals surface area contributed by atoms with Gasteiger partial charge in [-0.1, -0.05) is 200 Å². The lowest BCUT2D eigenvalue weighted by Gasteiger charge is -2.18. The van der Waals surface area contributed by atoms with Crippen LogP contribution in [0, 0.1) is 24.5 Å². The summed E-state index contributed by atoms with van der Waals surface area (Å²) in [4.78, 5) is 80.2. The first-order chi connectivity index (χ1) is 56.0. The first kappa shape index (κ1) is 71.0. The van der Waals surface area contributed by atoms with E-state index in [0.717, 1.165) is 33.4 Å². The van der Waals surface area contributed by atoms with Crippen molar-refractivity contribution in [3.63, 3.8) is 0 Å². The smallest absolute Gasteiger partial charge is 0.338 e. The molecule has 14 aromatic carbocycles. The Hall–Kier alpha value is -16.0. The molecule has 0 aliphatic rings. The predicted molar refractivity (Wildman–Crippen MR) is 441 cm³/mol. The third-order valence-corrected chi connectivity index (χ3v) is 20.0. The standard InChI is InChI=1S/C98H62N8O8/c1-100-76-41-33-67(34-42-76)78-31-15-16-32-79(78)94-103-92(70-35-43-86(80(51-70)68-28-17-27-66(49-68)57-99)105-88-45-37-72(95(107)111-58-62-19-7-3-8-20-62)53-82(88)83-54-73(38-46-89(83)105)96(108)112-59-63-21-9-4-10-22-63)102-93(104-94)71-36-44-87(81(52-71)69-29-18-30-77(50-69)101-2)106-90-47-39-74(97(109)113-60-64-23-11-5-12-24-64)55-84(90)85-56-75(40-48-91(85)106)98(110)114-61-65-25-13-6-14-26-65/h3-56H,58-61H2. The summed E-state index contributed by atoms with van der Waals surface area (Å²) in [5, 5.41) is 13.1. The van der Waals surface area contributed by atoms with Gasteiger partial charge in [0.05, 0.1) is 80.5 Å². The second-order valence-corrected chi connectivity index (χ2v) is 27.2. The number of nitrogens with zero attached hydrogens (tertiary/aromatic N) is 8. The molecule has 17 rings (SSSR count). The molecule has 0 aliphatic carbocycles. The van der Waals surface area contributed by atoms with Gasteiger partial charge in [-0.15, -0.1) is 0 Å². The summed E-state index contributed by atoms with van der Waals surface area (Å²) in [5.41, 5.74) is 15.9. The van der Waals surface area contributed by atoms with Crippen molar-refractivity contribution in [1.29, 1.82) is 5.26 Å². The average Bonchev–Trinajstić information content (AvgIpc) is 1.58. The first-order valence-corrected chi connectivity index (χ1v) is 36.6. The van der Waals surface area contributed by atoms with Gasteiger partial charge < -0.3 is 28.1 Å². The van der Waals surface area contributed by atoms with Gasteiger partial charge >= 0.3 is 23.9 Å². The maximum atomic E-state index is 14.1. The third-order valence-electron chi connectivity index (χ3n) is 20.0. The van der Waals surface area contributed by atoms with Crippen LogP contribution >= 0.6 is 0 Å². The molecule has 0 aliphatic heterocycles. The number of benzene rings is 14. The molecule has 17 aromatic rings. The molecular formula is C98H62N8O8. The predicted octanol–water partition coefficient (Wildman–Crippen LogP) is 22.5. The van der Waals surface area contributed by atoms with Crippen molar-refractivity contribution in [1.82, 2.24) is 24.1 Å².